The second-order valence-electron chi connectivity index (χ2n) is 7.80. The molecule has 2 heterocycles. The largest absolute Gasteiger partial charge is 0.391 e. The van der Waals surface area contributed by atoms with Crippen molar-refractivity contribution in [1.29, 1.82) is 0 Å². The summed E-state index contributed by atoms with van der Waals surface area (Å²) in [7, 11) is 0. The monoisotopic (exact) mass is 392 g/mol. The van der Waals surface area contributed by atoms with Crippen LogP contribution in [0.1, 0.15) is 43.4 Å². The topological polar surface area (TPSA) is 70.9 Å². The van der Waals surface area contributed by atoms with Crippen LogP contribution < -0.4 is 5.32 Å². The van der Waals surface area contributed by atoms with E-state index in [9.17, 15) is 18.3 Å². The molecule has 2 unspecified atom stereocenters. The third-order valence-corrected chi connectivity index (χ3v) is 5.70. The molecule has 2 aliphatic carbocycles. The second-order valence-corrected chi connectivity index (χ2v) is 7.80. The van der Waals surface area contributed by atoms with Gasteiger partial charge in [-0.15, -0.1) is 0 Å². The molecule has 4 rings (SSSR count). The molecule has 0 saturated heterocycles. The van der Waals surface area contributed by atoms with Crippen LogP contribution in [0, 0.1) is 5.92 Å². The summed E-state index contributed by atoms with van der Waals surface area (Å²) in [5.74, 6) is -0.355. The quantitative estimate of drug-likeness (QED) is 0.825. The average molecular weight is 392 g/mol. The lowest BCUT2D eigenvalue weighted by Crippen LogP contribution is -2.45. The summed E-state index contributed by atoms with van der Waals surface area (Å²) in [5.41, 5.74) is 1.20. The maximum atomic E-state index is 13.1. The van der Waals surface area contributed by atoms with Crippen molar-refractivity contribution in [3.05, 3.63) is 35.7 Å². The SMILES string of the molecule is OC1(CNc2nc(-c3ccccn3)nc3c2CCC3)CCCC(C(F)(F)F)C1. The first-order valence-electron chi connectivity index (χ1n) is 9.68. The normalized spacial score (nSPS) is 24.8. The summed E-state index contributed by atoms with van der Waals surface area (Å²) in [6, 6.07) is 5.49. The van der Waals surface area contributed by atoms with Gasteiger partial charge in [-0.3, -0.25) is 4.98 Å². The van der Waals surface area contributed by atoms with Gasteiger partial charge in [-0.05, 0) is 57.1 Å². The number of hydrogen-bond donors (Lipinski definition) is 2. The molecule has 0 radical (unpaired) electrons. The molecule has 2 aromatic rings. The van der Waals surface area contributed by atoms with E-state index < -0.39 is 17.7 Å². The van der Waals surface area contributed by atoms with Crippen LogP contribution in [0.15, 0.2) is 24.4 Å². The van der Waals surface area contributed by atoms with Crippen LogP contribution in [0.5, 0.6) is 0 Å². The first-order valence-corrected chi connectivity index (χ1v) is 9.68. The molecule has 28 heavy (non-hydrogen) atoms. The minimum Gasteiger partial charge on any atom is -0.388 e. The molecule has 1 fully saturated rings. The number of nitrogens with zero attached hydrogens (tertiary/aromatic N) is 3. The van der Waals surface area contributed by atoms with Crippen molar-refractivity contribution in [2.75, 3.05) is 11.9 Å². The van der Waals surface area contributed by atoms with Crippen LogP contribution in [0.2, 0.25) is 0 Å². The fourth-order valence-electron chi connectivity index (χ4n) is 4.22. The number of rotatable bonds is 4. The molecule has 150 valence electrons. The zero-order valence-corrected chi connectivity index (χ0v) is 15.5. The summed E-state index contributed by atoms with van der Waals surface area (Å²) >= 11 is 0. The highest BCUT2D eigenvalue weighted by Crippen LogP contribution is 2.42. The van der Waals surface area contributed by atoms with Gasteiger partial charge in [-0.1, -0.05) is 6.07 Å². The van der Waals surface area contributed by atoms with Crippen molar-refractivity contribution in [1.82, 2.24) is 15.0 Å². The van der Waals surface area contributed by atoms with Gasteiger partial charge in [0, 0.05) is 24.0 Å². The third kappa shape index (κ3) is 3.97. The third-order valence-electron chi connectivity index (χ3n) is 5.70. The average Bonchev–Trinajstić information content (AvgIpc) is 3.15. The zero-order chi connectivity index (χ0) is 19.8. The Labute approximate surface area is 161 Å². The van der Waals surface area contributed by atoms with Gasteiger partial charge in [0.2, 0.25) is 0 Å². The summed E-state index contributed by atoms with van der Waals surface area (Å²) in [6.07, 6.45) is 0.553. The molecule has 0 aromatic carbocycles. The molecular weight excluding hydrogens is 369 g/mol. The summed E-state index contributed by atoms with van der Waals surface area (Å²) < 4.78 is 39.3. The van der Waals surface area contributed by atoms with Crippen molar-refractivity contribution in [2.45, 2.75) is 56.7 Å². The number of aliphatic hydroxyl groups is 1. The molecule has 0 bridgehead atoms. The van der Waals surface area contributed by atoms with E-state index in [0.29, 0.717) is 30.2 Å². The number of alkyl halides is 3. The molecule has 2 N–H and O–H groups in total. The van der Waals surface area contributed by atoms with E-state index in [1.807, 2.05) is 18.2 Å². The van der Waals surface area contributed by atoms with Crippen LogP contribution in [0.4, 0.5) is 19.0 Å². The zero-order valence-electron chi connectivity index (χ0n) is 15.5. The van der Waals surface area contributed by atoms with E-state index in [0.717, 1.165) is 30.5 Å². The lowest BCUT2D eigenvalue weighted by atomic mass is 9.77. The van der Waals surface area contributed by atoms with Crippen molar-refractivity contribution >= 4 is 5.82 Å². The van der Waals surface area contributed by atoms with Crippen molar-refractivity contribution in [2.24, 2.45) is 5.92 Å². The van der Waals surface area contributed by atoms with E-state index in [4.69, 9.17) is 0 Å². The Kier molecular flexibility index (Phi) is 4.99. The highest BCUT2D eigenvalue weighted by molar-refractivity contribution is 5.57. The van der Waals surface area contributed by atoms with Crippen molar-refractivity contribution in [3.8, 4) is 11.5 Å². The highest BCUT2D eigenvalue weighted by Gasteiger charge is 2.47. The van der Waals surface area contributed by atoms with Gasteiger partial charge < -0.3 is 10.4 Å². The van der Waals surface area contributed by atoms with Crippen LogP contribution in [-0.2, 0) is 12.8 Å². The summed E-state index contributed by atoms with van der Waals surface area (Å²) in [4.78, 5) is 13.5. The van der Waals surface area contributed by atoms with Gasteiger partial charge in [-0.25, -0.2) is 9.97 Å². The number of fused-ring (bicyclic) bond motifs is 1. The molecular formula is C20H23F3N4O. The minimum absolute atomic E-state index is 0.0463. The van der Waals surface area contributed by atoms with Gasteiger partial charge in [-0.2, -0.15) is 13.2 Å². The molecule has 8 heteroatoms. The highest BCUT2D eigenvalue weighted by atomic mass is 19.4. The second kappa shape index (κ2) is 7.31. The number of aryl methyl sites for hydroxylation is 1. The Balaban J connectivity index is 1.56. The Morgan fingerprint density at radius 3 is 2.79 bits per heavy atom. The van der Waals surface area contributed by atoms with Crippen LogP contribution in [0.25, 0.3) is 11.5 Å². The summed E-state index contributed by atoms with van der Waals surface area (Å²) in [5, 5.41) is 13.9. The van der Waals surface area contributed by atoms with E-state index in [1.165, 1.54) is 0 Å². The first-order chi connectivity index (χ1) is 13.3. The molecule has 5 nitrogen and oxygen atoms in total. The van der Waals surface area contributed by atoms with E-state index in [-0.39, 0.29) is 19.4 Å². The van der Waals surface area contributed by atoms with Gasteiger partial charge in [0.1, 0.15) is 11.5 Å². The number of halogens is 3. The number of pyridine rings is 1. The lowest BCUT2D eigenvalue weighted by Gasteiger charge is -2.37. The fourth-order valence-corrected chi connectivity index (χ4v) is 4.22. The molecule has 2 aromatic heterocycles. The Hall–Kier alpha value is -2.22. The molecule has 0 aliphatic heterocycles. The van der Waals surface area contributed by atoms with Crippen LogP contribution >= 0.6 is 0 Å². The maximum absolute atomic E-state index is 13.1. The number of anilines is 1. The molecule has 1 saturated carbocycles. The summed E-state index contributed by atoms with van der Waals surface area (Å²) in [6.45, 7) is 0.0463. The molecule has 0 spiro atoms. The molecule has 2 atom stereocenters. The van der Waals surface area contributed by atoms with Crippen LogP contribution in [-0.4, -0.2) is 38.4 Å². The predicted octanol–water partition coefficient (Wildman–Crippen LogP) is 3.92. The standard InChI is InChI=1S/C20H23F3N4O/c21-20(22,23)13-5-4-9-19(28,11-13)12-25-17-14-6-3-8-15(14)26-18(27-17)16-7-1-2-10-24-16/h1-2,7,10,13,28H,3-6,8-9,11-12H2,(H,25,26,27). The van der Waals surface area contributed by atoms with Crippen molar-refractivity contribution in [3.63, 3.8) is 0 Å². The maximum Gasteiger partial charge on any atom is 0.391 e. The Morgan fingerprint density at radius 2 is 2.04 bits per heavy atom. The van der Waals surface area contributed by atoms with Crippen molar-refractivity contribution < 1.29 is 18.3 Å². The van der Waals surface area contributed by atoms with Gasteiger partial charge in [0.05, 0.1) is 11.5 Å². The molecule has 0 amide bonds. The number of aromatic nitrogens is 3. The number of nitrogens with one attached hydrogen (secondary N) is 1. The predicted molar refractivity (Wildman–Crippen MR) is 98.7 cm³/mol. The van der Waals surface area contributed by atoms with E-state index in [2.05, 4.69) is 20.3 Å². The fraction of sp³-hybridized carbons (Fsp3) is 0.550. The minimum atomic E-state index is -4.27. The van der Waals surface area contributed by atoms with Gasteiger partial charge in [0.15, 0.2) is 5.82 Å². The molecule has 2 aliphatic rings. The van der Waals surface area contributed by atoms with E-state index >= 15 is 0 Å². The van der Waals surface area contributed by atoms with Crippen LogP contribution in [0.3, 0.4) is 0 Å². The van der Waals surface area contributed by atoms with E-state index in [1.54, 1.807) is 6.20 Å². The lowest BCUT2D eigenvalue weighted by molar-refractivity contribution is -0.199. The smallest absolute Gasteiger partial charge is 0.388 e. The van der Waals surface area contributed by atoms with Gasteiger partial charge >= 0.3 is 6.18 Å². The van der Waals surface area contributed by atoms with Gasteiger partial charge in [0.25, 0.3) is 0 Å². The first kappa shape index (κ1) is 19.1. The number of hydrogen-bond acceptors (Lipinski definition) is 5. The Bertz CT molecular complexity index is 843. The Morgan fingerprint density at radius 1 is 1.18 bits per heavy atom.